The number of hydrazone groups is 1. The lowest BCUT2D eigenvalue weighted by Crippen LogP contribution is -2.18. The number of nitrogens with zero attached hydrogens (tertiary/aromatic N) is 1. The first-order valence-electron chi connectivity index (χ1n) is 7.81. The van der Waals surface area contributed by atoms with Gasteiger partial charge in [-0.3, -0.25) is 4.79 Å². The monoisotopic (exact) mass is 492 g/mol. The molecule has 0 heterocycles. The van der Waals surface area contributed by atoms with Gasteiger partial charge in [-0.05, 0) is 51.8 Å². The molecule has 2 aromatic carbocycles. The van der Waals surface area contributed by atoms with Crippen molar-refractivity contribution in [3.8, 4) is 5.75 Å². The Morgan fingerprint density at radius 2 is 2.00 bits per heavy atom. The summed E-state index contributed by atoms with van der Waals surface area (Å²) in [5.41, 5.74) is 1.47. The SMILES string of the molecule is COC(=O)COc1c(Cl)cc(/C=N\NC(=O)c2cccc(C(F)(F)F)c2)cc1Br. The van der Waals surface area contributed by atoms with Gasteiger partial charge in [0, 0.05) is 5.56 Å². The van der Waals surface area contributed by atoms with Crippen LogP contribution in [0.3, 0.4) is 0 Å². The standard InChI is InChI=1S/C18H13BrClF3N2O4/c1-28-15(26)9-29-16-13(19)5-10(6-14(16)20)8-24-25-17(27)11-3-2-4-12(7-11)18(21,22)23/h2-8H,9H2,1H3,(H,25,27)/b24-8-. The molecule has 0 radical (unpaired) electrons. The number of carbonyl (C=O) groups excluding carboxylic acids is 2. The van der Waals surface area contributed by atoms with Crippen LogP contribution in [0.5, 0.6) is 5.75 Å². The molecule has 0 fully saturated rings. The topological polar surface area (TPSA) is 77.0 Å². The zero-order chi connectivity index (χ0) is 21.6. The molecule has 154 valence electrons. The van der Waals surface area contributed by atoms with Crippen molar-refractivity contribution in [2.24, 2.45) is 5.10 Å². The molecule has 11 heteroatoms. The number of hydrogen-bond acceptors (Lipinski definition) is 5. The maximum absolute atomic E-state index is 12.7. The van der Waals surface area contributed by atoms with Gasteiger partial charge in [-0.1, -0.05) is 17.7 Å². The Morgan fingerprint density at radius 3 is 2.62 bits per heavy atom. The summed E-state index contributed by atoms with van der Waals surface area (Å²) in [5.74, 6) is -1.19. The summed E-state index contributed by atoms with van der Waals surface area (Å²) >= 11 is 9.33. The highest BCUT2D eigenvalue weighted by Crippen LogP contribution is 2.34. The quantitative estimate of drug-likeness (QED) is 0.367. The van der Waals surface area contributed by atoms with E-state index in [0.717, 1.165) is 18.2 Å². The summed E-state index contributed by atoms with van der Waals surface area (Å²) in [6, 6.07) is 6.97. The van der Waals surface area contributed by atoms with Gasteiger partial charge in [-0.25, -0.2) is 10.2 Å². The summed E-state index contributed by atoms with van der Waals surface area (Å²) in [5, 5.41) is 3.87. The zero-order valence-electron chi connectivity index (χ0n) is 14.7. The minimum Gasteiger partial charge on any atom is -0.479 e. The van der Waals surface area contributed by atoms with Crippen molar-refractivity contribution in [2.45, 2.75) is 6.18 Å². The van der Waals surface area contributed by atoms with E-state index in [1.165, 1.54) is 25.5 Å². The summed E-state index contributed by atoms with van der Waals surface area (Å²) in [6.07, 6.45) is -3.31. The second-order valence-corrected chi connectivity index (χ2v) is 6.72. The number of rotatable bonds is 6. The van der Waals surface area contributed by atoms with Crippen LogP contribution in [-0.4, -0.2) is 31.8 Å². The molecule has 0 aliphatic heterocycles. The average Bonchev–Trinajstić information content (AvgIpc) is 2.66. The molecule has 0 aromatic heterocycles. The summed E-state index contributed by atoms with van der Waals surface area (Å²) < 4.78 is 48.3. The Morgan fingerprint density at radius 1 is 1.28 bits per heavy atom. The fourth-order valence-electron chi connectivity index (χ4n) is 2.05. The van der Waals surface area contributed by atoms with Crippen molar-refractivity contribution in [1.29, 1.82) is 0 Å². The van der Waals surface area contributed by atoms with Crippen LogP contribution in [0.15, 0.2) is 46.0 Å². The van der Waals surface area contributed by atoms with Gasteiger partial charge in [0.05, 0.1) is 28.4 Å². The van der Waals surface area contributed by atoms with Gasteiger partial charge in [0.1, 0.15) is 0 Å². The lowest BCUT2D eigenvalue weighted by molar-refractivity contribution is -0.143. The maximum atomic E-state index is 12.7. The Labute approximate surface area is 176 Å². The van der Waals surface area contributed by atoms with Gasteiger partial charge in [0.2, 0.25) is 0 Å². The third kappa shape index (κ3) is 6.47. The molecule has 2 rings (SSSR count). The fraction of sp³-hybridized carbons (Fsp3) is 0.167. The molecule has 6 nitrogen and oxygen atoms in total. The molecular weight excluding hydrogens is 481 g/mol. The second kappa shape index (κ2) is 9.75. The van der Waals surface area contributed by atoms with Crippen LogP contribution in [0.1, 0.15) is 21.5 Å². The summed E-state index contributed by atoms with van der Waals surface area (Å²) in [6.45, 7) is -0.338. The van der Waals surface area contributed by atoms with E-state index in [2.05, 4.69) is 31.2 Å². The number of hydrogen-bond donors (Lipinski definition) is 1. The van der Waals surface area contributed by atoms with Gasteiger partial charge in [0.25, 0.3) is 5.91 Å². The van der Waals surface area contributed by atoms with Crippen LogP contribution in [-0.2, 0) is 15.7 Å². The number of ether oxygens (including phenoxy) is 2. The van der Waals surface area contributed by atoms with Crippen molar-refractivity contribution in [1.82, 2.24) is 5.43 Å². The van der Waals surface area contributed by atoms with Crippen LogP contribution < -0.4 is 10.2 Å². The average molecular weight is 494 g/mol. The molecule has 0 aliphatic rings. The number of amides is 1. The molecule has 0 atom stereocenters. The van der Waals surface area contributed by atoms with Crippen LogP contribution in [0.4, 0.5) is 13.2 Å². The van der Waals surface area contributed by atoms with E-state index in [9.17, 15) is 22.8 Å². The van der Waals surface area contributed by atoms with Crippen molar-refractivity contribution in [2.75, 3.05) is 13.7 Å². The largest absolute Gasteiger partial charge is 0.479 e. The normalized spacial score (nSPS) is 11.4. The molecule has 0 unspecified atom stereocenters. The first-order chi connectivity index (χ1) is 13.6. The molecule has 0 aliphatic carbocycles. The minimum absolute atomic E-state index is 0.161. The molecule has 29 heavy (non-hydrogen) atoms. The van der Waals surface area contributed by atoms with E-state index < -0.39 is 23.6 Å². The van der Waals surface area contributed by atoms with Crippen LogP contribution in [0, 0.1) is 0 Å². The van der Waals surface area contributed by atoms with Gasteiger partial charge in [0.15, 0.2) is 12.4 Å². The van der Waals surface area contributed by atoms with Crippen LogP contribution in [0.25, 0.3) is 0 Å². The Bertz CT molecular complexity index is 928. The van der Waals surface area contributed by atoms with E-state index in [4.69, 9.17) is 16.3 Å². The van der Waals surface area contributed by atoms with Gasteiger partial charge in [-0.2, -0.15) is 18.3 Å². The van der Waals surface area contributed by atoms with Crippen LogP contribution in [0.2, 0.25) is 5.02 Å². The van der Waals surface area contributed by atoms with Gasteiger partial charge < -0.3 is 9.47 Å². The lowest BCUT2D eigenvalue weighted by atomic mass is 10.1. The highest BCUT2D eigenvalue weighted by molar-refractivity contribution is 9.10. The van der Waals surface area contributed by atoms with E-state index in [-0.39, 0.29) is 22.9 Å². The molecule has 2 aromatic rings. The molecule has 0 bridgehead atoms. The number of alkyl halides is 3. The van der Waals surface area contributed by atoms with Crippen molar-refractivity contribution >= 4 is 45.6 Å². The lowest BCUT2D eigenvalue weighted by Gasteiger charge is -2.10. The summed E-state index contributed by atoms with van der Waals surface area (Å²) in [4.78, 5) is 23.1. The van der Waals surface area contributed by atoms with Gasteiger partial charge in [-0.15, -0.1) is 0 Å². The number of benzene rings is 2. The van der Waals surface area contributed by atoms with Gasteiger partial charge >= 0.3 is 12.1 Å². The number of methoxy groups -OCH3 is 1. The number of carbonyl (C=O) groups is 2. The molecule has 0 saturated carbocycles. The first kappa shape index (κ1) is 22.7. The Balaban J connectivity index is 2.07. The molecule has 0 spiro atoms. The third-order valence-corrected chi connectivity index (χ3v) is 4.28. The minimum atomic E-state index is -4.56. The third-order valence-electron chi connectivity index (χ3n) is 3.41. The smallest absolute Gasteiger partial charge is 0.416 e. The highest BCUT2D eigenvalue weighted by atomic mass is 79.9. The molecule has 0 saturated heterocycles. The fourth-order valence-corrected chi connectivity index (χ4v) is 3.04. The van der Waals surface area contributed by atoms with Crippen molar-refractivity contribution < 1.29 is 32.2 Å². The predicted octanol–water partition coefficient (Wildman–Crippen LogP) is 4.44. The Hall–Kier alpha value is -2.59. The van der Waals surface area contributed by atoms with Crippen molar-refractivity contribution in [3.63, 3.8) is 0 Å². The van der Waals surface area contributed by atoms with E-state index >= 15 is 0 Å². The first-order valence-corrected chi connectivity index (χ1v) is 8.98. The summed E-state index contributed by atoms with van der Waals surface area (Å²) in [7, 11) is 1.22. The second-order valence-electron chi connectivity index (χ2n) is 5.46. The highest BCUT2D eigenvalue weighted by Gasteiger charge is 2.30. The van der Waals surface area contributed by atoms with E-state index in [0.29, 0.717) is 10.0 Å². The Kier molecular flexibility index (Phi) is 7.63. The molecule has 1 N–H and O–H groups in total. The molecular formula is C18H13BrClF3N2O4. The maximum Gasteiger partial charge on any atom is 0.416 e. The number of halogens is 5. The van der Waals surface area contributed by atoms with E-state index in [1.54, 1.807) is 6.07 Å². The zero-order valence-corrected chi connectivity index (χ0v) is 17.1. The number of esters is 1. The van der Waals surface area contributed by atoms with Crippen molar-refractivity contribution in [3.05, 3.63) is 62.6 Å². The van der Waals surface area contributed by atoms with Crippen LogP contribution >= 0.6 is 27.5 Å². The predicted molar refractivity (Wildman–Crippen MR) is 103 cm³/mol. The van der Waals surface area contributed by atoms with E-state index in [1.807, 2.05) is 0 Å². The molecule has 1 amide bonds. The number of nitrogens with one attached hydrogen (secondary N) is 1.